The van der Waals surface area contributed by atoms with Crippen molar-refractivity contribution in [2.24, 2.45) is 0 Å². The van der Waals surface area contributed by atoms with Gasteiger partial charge in [0.25, 0.3) is 5.91 Å². The number of rotatable bonds is 4. The summed E-state index contributed by atoms with van der Waals surface area (Å²) in [6, 6.07) is 11.6. The molecule has 1 aliphatic rings. The summed E-state index contributed by atoms with van der Waals surface area (Å²) in [7, 11) is 0. The first kappa shape index (κ1) is 18.7. The summed E-state index contributed by atoms with van der Waals surface area (Å²) in [5.74, 6) is 0.120. The van der Waals surface area contributed by atoms with E-state index in [0.717, 1.165) is 15.8 Å². The van der Waals surface area contributed by atoms with Crippen LogP contribution in [0.15, 0.2) is 46.9 Å². The molecular formula is C19H18BrClN2O3. The second-order valence-electron chi connectivity index (χ2n) is 6.06. The van der Waals surface area contributed by atoms with Gasteiger partial charge >= 0.3 is 0 Å². The summed E-state index contributed by atoms with van der Waals surface area (Å²) in [4.78, 5) is 24.9. The van der Waals surface area contributed by atoms with Crippen LogP contribution in [0.3, 0.4) is 0 Å². The Morgan fingerprint density at radius 2 is 2.04 bits per heavy atom. The molecule has 0 saturated heterocycles. The van der Waals surface area contributed by atoms with E-state index in [4.69, 9.17) is 16.3 Å². The van der Waals surface area contributed by atoms with Gasteiger partial charge in [0.15, 0.2) is 0 Å². The molecule has 2 amide bonds. The zero-order valence-corrected chi connectivity index (χ0v) is 16.4. The Balaban J connectivity index is 1.66. The van der Waals surface area contributed by atoms with Crippen molar-refractivity contribution < 1.29 is 14.3 Å². The first-order chi connectivity index (χ1) is 12.5. The Morgan fingerprint density at radius 3 is 2.81 bits per heavy atom. The molecule has 0 saturated carbocycles. The molecule has 1 heterocycles. The fourth-order valence-electron chi connectivity index (χ4n) is 2.80. The molecule has 3 rings (SSSR count). The predicted octanol–water partition coefficient (Wildman–Crippen LogP) is 3.86. The van der Waals surface area contributed by atoms with Crippen molar-refractivity contribution in [2.45, 2.75) is 25.4 Å². The van der Waals surface area contributed by atoms with E-state index in [-0.39, 0.29) is 17.9 Å². The number of hydrogen-bond acceptors (Lipinski definition) is 3. The maximum atomic E-state index is 12.5. The molecule has 2 unspecified atom stereocenters. The normalized spacial score (nSPS) is 16.8. The van der Waals surface area contributed by atoms with Crippen LogP contribution in [0.25, 0.3) is 0 Å². The molecular weight excluding hydrogens is 420 g/mol. The third-order valence-corrected chi connectivity index (χ3v) is 5.01. The number of carbonyl (C=O) groups excluding carboxylic acids is 2. The standard InChI is InChI=1S/C19H18BrClN2O3/c1-11(22-19(25)13-4-2-3-5-15(13)21)18(24)23-16-8-9-26-17-7-6-12(20)10-14(16)17/h2-7,10-11,16H,8-9H2,1H3,(H,22,25)(H,23,24). The highest BCUT2D eigenvalue weighted by Gasteiger charge is 2.26. The van der Waals surface area contributed by atoms with Crippen molar-refractivity contribution in [3.63, 3.8) is 0 Å². The summed E-state index contributed by atoms with van der Waals surface area (Å²) in [6.45, 7) is 2.17. The smallest absolute Gasteiger partial charge is 0.253 e. The summed E-state index contributed by atoms with van der Waals surface area (Å²) in [6.07, 6.45) is 0.667. The van der Waals surface area contributed by atoms with Gasteiger partial charge in [-0.05, 0) is 37.3 Å². The highest BCUT2D eigenvalue weighted by Crippen LogP contribution is 2.34. The summed E-state index contributed by atoms with van der Waals surface area (Å²) in [5.41, 5.74) is 1.26. The van der Waals surface area contributed by atoms with E-state index in [1.807, 2.05) is 18.2 Å². The molecule has 0 aliphatic carbocycles. The molecule has 0 bridgehead atoms. The zero-order chi connectivity index (χ0) is 18.7. The van der Waals surface area contributed by atoms with E-state index in [0.29, 0.717) is 23.6 Å². The van der Waals surface area contributed by atoms with Crippen LogP contribution in [0.1, 0.15) is 35.3 Å². The minimum atomic E-state index is -0.697. The highest BCUT2D eigenvalue weighted by molar-refractivity contribution is 9.10. The molecule has 7 heteroatoms. The largest absolute Gasteiger partial charge is 0.493 e. The summed E-state index contributed by atoms with van der Waals surface area (Å²) in [5, 5.41) is 6.02. The SMILES string of the molecule is CC(NC(=O)c1ccccc1Cl)C(=O)NC1CCOc2ccc(Br)cc21. The van der Waals surface area contributed by atoms with Gasteiger partial charge in [-0.2, -0.15) is 0 Å². The minimum Gasteiger partial charge on any atom is -0.493 e. The van der Waals surface area contributed by atoms with Crippen LogP contribution in [0.4, 0.5) is 0 Å². The fourth-order valence-corrected chi connectivity index (χ4v) is 3.40. The van der Waals surface area contributed by atoms with Crippen molar-refractivity contribution in [3.05, 3.63) is 63.1 Å². The van der Waals surface area contributed by atoms with Crippen molar-refractivity contribution in [2.75, 3.05) is 6.61 Å². The second kappa shape index (κ2) is 8.10. The highest BCUT2D eigenvalue weighted by atomic mass is 79.9. The van der Waals surface area contributed by atoms with Gasteiger partial charge in [0.05, 0.1) is 23.2 Å². The first-order valence-corrected chi connectivity index (χ1v) is 9.41. The lowest BCUT2D eigenvalue weighted by atomic mass is 10.0. The van der Waals surface area contributed by atoms with Crippen LogP contribution in [-0.4, -0.2) is 24.5 Å². The molecule has 0 fully saturated rings. The first-order valence-electron chi connectivity index (χ1n) is 8.23. The third-order valence-electron chi connectivity index (χ3n) is 4.19. The van der Waals surface area contributed by atoms with Crippen molar-refractivity contribution >= 4 is 39.3 Å². The van der Waals surface area contributed by atoms with E-state index < -0.39 is 6.04 Å². The number of fused-ring (bicyclic) bond motifs is 1. The maximum Gasteiger partial charge on any atom is 0.253 e. The lowest BCUT2D eigenvalue weighted by Crippen LogP contribution is -2.46. The van der Waals surface area contributed by atoms with Gasteiger partial charge in [-0.15, -0.1) is 0 Å². The van der Waals surface area contributed by atoms with Crippen LogP contribution < -0.4 is 15.4 Å². The number of hydrogen-bond donors (Lipinski definition) is 2. The molecule has 0 spiro atoms. The molecule has 2 atom stereocenters. The molecule has 2 aromatic rings. The molecule has 2 N–H and O–H groups in total. The Morgan fingerprint density at radius 1 is 1.27 bits per heavy atom. The Labute approximate surface area is 165 Å². The van der Waals surface area contributed by atoms with E-state index in [1.165, 1.54) is 0 Å². The summed E-state index contributed by atoms with van der Waals surface area (Å²) >= 11 is 9.47. The van der Waals surface area contributed by atoms with Crippen molar-refractivity contribution in [1.29, 1.82) is 0 Å². The molecule has 5 nitrogen and oxygen atoms in total. The third kappa shape index (κ3) is 4.19. The molecule has 2 aromatic carbocycles. The van der Waals surface area contributed by atoms with Crippen molar-refractivity contribution in [3.8, 4) is 5.75 Å². The average molecular weight is 438 g/mol. The molecule has 1 aliphatic heterocycles. The van der Waals surface area contributed by atoms with E-state index in [1.54, 1.807) is 31.2 Å². The Bertz CT molecular complexity index is 843. The molecule has 26 heavy (non-hydrogen) atoms. The van der Waals surface area contributed by atoms with Gasteiger partial charge in [0.2, 0.25) is 5.91 Å². The number of benzene rings is 2. The van der Waals surface area contributed by atoms with E-state index >= 15 is 0 Å². The van der Waals surface area contributed by atoms with Crippen molar-refractivity contribution in [1.82, 2.24) is 10.6 Å². The monoisotopic (exact) mass is 436 g/mol. The second-order valence-corrected chi connectivity index (χ2v) is 7.38. The Kier molecular flexibility index (Phi) is 5.84. The fraction of sp³-hybridized carbons (Fsp3) is 0.263. The molecule has 0 aromatic heterocycles. The van der Waals surface area contributed by atoms with Gasteiger partial charge in [0, 0.05) is 16.5 Å². The van der Waals surface area contributed by atoms with Crippen LogP contribution in [-0.2, 0) is 4.79 Å². The summed E-state index contributed by atoms with van der Waals surface area (Å²) < 4.78 is 6.55. The maximum absolute atomic E-state index is 12.5. The lowest BCUT2D eigenvalue weighted by molar-refractivity contribution is -0.123. The number of halogens is 2. The van der Waals surface area contributed by atoms with Gasteiger partial charge in [0.1, 0.15) is 11.8 Å². The van der Waals surface area contributed by atoms with Crippen LogP contribution in [0.5, 0.6) is 5.75 Å². The Hall–Kier alpha value is -2.05. The van der Waals surface area contributed by atoms with E-state index in [2.05, 4.69) is 26.6 Å². The number of nitrogens with one attached hydrogen (secondary N) is 2. The molecule has 136 valence electrons. The molecule has 0 radical (unpaired) electrons. The number of carbonyl (C=O) groups is 2. The predicted molar refractivity (Wildman–Crippen MR) is 104 cm³/mol. The number of amides is 2. The quantitative estimate of drug-likeness (QED) is 0.763. The van der Waals surface area contributed by atoms with Gasteiger partial charge in [-0.3, -0.25) is 9.59 Å². The van der Waals surface area contributed by atoms with E-state index in [9.17, 15) is 9.59 Å². The zero-order valence-electron chi connectivity index (χ0n) is 14.1. The van der Waals surface area contributed by atoms with Gasteiger partial charge in [-0.25, -0.2) is 0 Å². The average Bonchev–Trinajstić information content (AvgIpc) is 2.62. The van der Waals surface area contributed by atoms with Gasteiger partial charge < -0.3 is 15.4 Å². The lowest BCUT2D eigenvalue weighted by Gasteiger charge is -2.28. The van der Waals surface area contributed by atoms with Gasteiger partial charge in [-0.1, -0.05) is 39.7 Å². The topological polar surface area (TPSA) is 67.4 Å². The van der Waals surface area contributed by atoms with Crippen LogP contribution in [0.2, 0.25) is 5.02 Å². The number of ether oxygens (including phenoxy) is 1. The van der Waals surface area contributed by atoms with Crippen LogP contribution in [0, 0.1) is 0 Å². The minimum absolute atomic E-state index is 0.164. The van der Waals surface area contributed by atoms with Crippen LogP contribution >= 0.6 is 27.5 Å².